The molecular formula is C18H22F2N4O3S. The van der Waals surface area contributed by atoms with E-state index in [-0.39, 0.29) is 29.4 Å². The largest absolute Gasteiger partial charge is 0.374 e. The number of hydrogen-bond acceptors (Lipinski definition) is 5. The topological polar surface area (TPSA) is 87.5 Å². The third-order valence-corrected chi connectivity index (χ3v) is 7.47. The molecule has 2 N–H and O–H groups in total. The number of aliphatic hydroxyl groups excluding tert-OH is 1. The molecule has 4 atom stereocenters. The van der Waals surface area contributed by atoms with Gasteiger partial charge >= 0.3 is 0 Å². The normalized spacial score (nSPS) is 26.5. The fraction of sp³-hybridized carbons (Fsp3) is 0.500. The van der Waals surface area contributed by atoms with Crippen LogP contribution in [-0.4, -0.2) is 46.5 Å². The summed E-state index contributed by atoms with van der Waals surface area (Å²) in [4.78, 5) is 3.95. The predicted molar refractivity (Wildman–Crippen MR) is 96.4 cm³/mol. The molecule has 2 fully saturated rings. The fourth-order valence-electron chi connectivity index (χ4n) is 4.34. The molecule has 1 saturated heterocycles. The highest BCUT2D eigenvalue weighted by molar-refractivity contribution is 7.89. The summed E-state index contributed by atoms with van der Waals surface area (Å²) in [5, 5.41) is 13.2. The Hall–Kier alpha value is -1.88. The fourth-order valence-corrected chi connectivity index (χ4v) is 5.84. The second-order valence-electron chi connectivity index (χ2n) is 7.51. The second-order valence-corrected chi connectivity index (χ2v) is 9.40. The Kier molecular flexibility index (Phi) is 4.98. The lowest BCUT2D eigenvalue weighted by atomic mass is 9.97. The van der Waals surface area contributed by atoms with Crippen LogP contribution < -0.4 is 5.32 Å². The van der Waals surface area contributed by atoms with E-state index in [0.29, 0.717) is 13.0 Å². The number of fused-ring (bicyclic) bond motifs is 1. The van der Waals surface area contributed by atoms with Gasteiger partial charge in [-0.1, -0.05) is 6.07 Å². The number of nitrogens with one attached hydrogen (secondary N) is 1. The Balaban J connectivity index is 1.48. The Bertz CT molecular complexity index is 961. The number of imidazole rings is 1. The first-order valence-corrected chi connectivity index (χ1v) is 10.6. The lowest BCUT2D eigenvalue weighted by Gasteiger charge is -2.25. The van der Waals surface area contributed by atoms with Crippen molar-refractivity contribution in [1.29, 1.82) is 0 Å². The zero-order valence-electron chi connectivity index (χ0n) is 15.3. The number of aromatic nitrogens is 2. The number of aryl methyl sites for hydroxylation is 1. The summed E-state index contributed by atoms with van der Waals surface area (Å²) < 4.78 is 56.4. The van der Waals surface area contributed by atoms with Gasteiger partial charge in [0.25, 0.3) is 10.0 Å². The maximum Gasteiger partial charge on any atom is 0.262 e. The molecule has 0 spiro atoms. The summed E-state index contributed by atoms with van der Waals surface area (Å²) >= 11 is 0. The van der Waals surface area contributed by atoms with Gasteiger partial charge in [0.2, 0.25) is 0 Å². The van der Waals surface area contributed by atoms with Crippen LogP contribution in [0.15, 0.2) is 35.7 Å². The molecular weight excluding hydrogens is 390 g/mol. The van der Waals surface area contributed by atoms with Crippen molar-refractivity contribution in [2.24, 2.45) is 18.9 Å². The maximum atomic E-state index is 13.9. The van der Waals surface area contributed by atoms with Gasteiger partial charge in [-0.2, -0.15) is 4.31 Å². The summed E-state index contributed by atoms with van der Waals surface area (Å²) in [5.41, 5.74) is -0.415. The summed E-state index contributed by atoms with van der Waals surface area (Å²) in [6, 6.07) is 3.20. The van der Waals surface area contributed by atoms with Crippen molar-refractivity contribution >= 4 is 10.0 Å². The minimum absolute atomic E-state index is 0.00736. The van der Waals surface area contributed by atoms with Gasteiger partial charge < -0.3 is 9.67 Å². The molecule has 1 aromatic heterocycles. The van der Waals surface area contributed by atoms with E-state index in [2.05, 4.69) is 10.3 Å². The second kappa shape index (κ2) is 7.18. The van der Waals surface area contributed by atoms with Gasteiger partial charge in [-0.05, 0) is 36.8 Å². The van der Waals surface area contributed by atoms with Gasteiger partial charge in [0.05, 0.1) is 11.9 Å². The van der Waals surface area contributed by atoms with E-state index in [1.807, 2.05) is 0 Å². The molecule has 7 nitrogen and oxygen atoms in total. The quantitative estimate of drug-likeness (QED) is 0.725. The summed E-state index contributed by atoms with van der Waals surface area (Å²) in [7, 11) is -1.98. The van der Waals surface area contributed by atoms with E-state index in [9.17, 15) is 22.3 Å². The van der Waals surface area contributed by atoms with Gasteiger partial charge in [-0.15, -0.1) is 0 Å². The van der Waals surface area contributed by atoms with E-state index >= 15 is 0 Å². The van der Waals surface area contributed by atoms with Crippen LogP contribution in [0.4, 0.5) is 8.78 Å². The molecule has 0 amide bonds. The molecule has 1 aliphatic heterocycles. The molecule has 4 rings (SSSR count). The Morgan fingerprint density at radius 1 is 1.25 bits per heavy atom. The van der Waals surface area contributed by atoms with E-state index in [1.165, 1.54) is 22.9 Å². The molecule has 0 radical (unpaired) electrons. The van der Waals surface area contributed by atoms with Crippen LogP contribution >= 0.6 is 0 Å². The standard InChI is InChI=1S/C18H22F2N4O3S/c1-23-9-16(21-10-23)28(26,27)24-7-11-5-6-15(12(11)8-24)22-18(25)17-13(19)3-2-4-14(17)20/h2-4,9-12,15,18,22,25H,5-8H2,1H3. The lowest BCUT2D eigenvalue weighted by molar-refractivity contribution is 0.106. The Labute approximate surface area is 162 Å². The molecule has 10 heteroatoms. The van der Waals surface area contributed by atoms with Crippen LogP contribution in [0.1, 0.15) is 24.6 Å². The van der Waals surface area contributed by atoms with E-state index in [1.54, 1.807) is 11.6 Å². The average molecular weight is 412 g/mol. The van der Waals surface area contributed by atoms with E-state index < -0.39 is 33.4 Å². The number of sulfonamides is 1. The van der Waals surface area contributed by atoms with Gasteiger partial charge in [0, 0.05) is 32.4 Å². The molecule has 1 aromatic carbocycles. The molecule has 2 aliphatic rings. The first-order valence-electron chi connectivity index (χ1n) is 9.13. The molecule has 4 unspecified atom stereocenters. The van der Waals surface area contributed by atoms with E-state index in [0.717, 1.165) is 18.6 Å². The number of nitrogens with zero attached hydrogens (tertiary/aromatic N) is 3. The number of aliphatic hydroxyl groups is 1. The van der Waals surface area contributed by atoms with Crippen LogP contribution in [0.3, 0.4) is 0 Å². The zero-order chi connectivity index (χ0) is 20.1. The number of benzene rings is 1. The monoisotopic (exact) mass is 412 g/mol. The summed E-state index contributed by atoms with van der Waals surface area (Å²) in [6.07, 6.45) is 2.90. The minimum Gasteiger partial charge on any atom is -0.374 e. The first-order chi connectivity index (χ1) is 13.3. The number of halogens is 2. The van der Waals surface area contributed by atoms with Crippen LogP contribution in [-0.2, 0) is 17.1 Å². The van der Waals surface area contributed by atoms with E-state index in [4.69, 9.17) is 0 Å². The van der Waals surface area contributed by atoms with Gasteiger partial charge in [0.1, 0.15) is 17.9 Å². The molecule has 28 heavy (non-hydrogen) atoms. The minimum atomic E-state index is -3.69. The highest BCUT2D eigenvalue weighted by Crippen LogP contribution is 2.40. The highest BCUT2D eigenvalue weighted by atomic mass is 32.2. The van der Waals surface area contributed by atoms with Gasteiger partial charge in [0.15, 0.2) is 5.03 Å². The Morgan fingerprint density at radius 3 is 2.61 bits per heavy atom. The maximum absolute atomic E-state index is 13.9. The average Bonchev–Trinajstić information content (AvgIpc) is 3.32. The number of hydrogen-bond donors (Lipinski definition) is 2. The van der Waals surface area contributed by atoms with Crippen molar-refractivity contribution in [3.63, 3.8) is 0 Å². The highest BCUT2D eigenvalue weighted by Gasteiger charge is 2.47. The van der Waals surface area contributed by atoms with Crippen molar-refractivity contribution in [2.45, 2.75) is 30.1 Å². The first kappa shape index (κ1) is 19.4. The van der Waals surface area contributed by atoms with Crippen LogP contribution in [0.25, 0.3) is 0 Å². The predicted octanol–water partition coefficient (Wildman–Crippen LogP) is 1.38. The van der Waals surface area contributed by atoms with Crippen LogP contribution in [0.5, 0.6) is 0 Å². The number of rotatable bonds is 5. The zero-order valence-corrected chi connectivity index (χ0v) is 16.1. The summed E-state index contributed by atoms with van der Waals surface area (Å²) in [5.74, 6) is -1.54. The Morgan fingerprint density at radius 2 is 1.96 bits per heavy atom. The van der Waals surface area contributed by atoms with Crippen LogP contribution in [0, 0.1) is 23.5 Å². The smallest absolute Gasteiger partial charge is 0.262 e. The van der Waals surface area contributed by atoms with Crippen molar-refractivity contribution in [3.05, 3.63) is 47.9 Å². The SMILES string of the molecule is Cn1cnc(S(=O)(=O)N2CC3CCC(NC(O)c4c(F)cccc4F)C3C2)c1. The lowest BCUT2D eigenvalue weighted by Crippen LogP contribution is -2.39. The van der Waals surface area contributed by atoms with Gasteiger partial charge in [-0.3, -0.25) is 5.32 Å². The third-order valence-electron chi connectivity index (χ3n) is 5.75. The molecule has 2 heterocycles. The molecule has 1 saturated carbocycles. The molecule has 2 aromatic rings. The van der Waals surface area contributed by atoms with Crippen molar-refractivity contribution < 1.29 is 22.3 Å². The third kappa shape index (κ3) is 3.34. The summed E-state index contributed by atoms with van der Waals surface area (Å²) in [6.45, 7) is 0.666. The molecule has 1 aliphatic carbocycles. The van der Waals surface area contributed by atoms with Crippen molar-refractivity contribution in [3.8, 4) is 0 Å². The van der Waals surface area contributed by atoms with Gasteiger partial charge in [-0.25, -0.2) is 22.2 Å². The molecule has 152 valence electrons. The van der Waals surface area contributed by atoms with Crippen molar-refractivity contribution in [1.82, 2.24) is 19.2 Å². The van der Waals surface area contributed by atoms with Crippen LogP contribution in [0.2, 0.25) is 0 Å². The molecule has 0 bridgehead atoms. The van der Waals surface area contributed by atoms with Crippen molar-refractivity contribution in [2.75, 3.05) is 13.1 Å².